The minimum atomic E-state index is -0.127. The van der Waals surface area contributed by atoms with Gasteiger partial charge in [-0.05, 0) is 43.2 Å². The van der Waals surface area contributed by atoms with Gasteiger partial charge in [0.05, 0.1) is 35.9 Å². The number of aromatic amines is 1. The lowest BCUT2D eigenvalue weighted by molar-refractivity contribution is 0.271. The van der Waals surface area contributed by atoms with Gasteiger partial charge in [-0.1, -0.05) is 18.6 Å². The second-order valence-electron chi connectivity index (χ2n) is 7.22. The molecule has 0 amide bonds. The Hall–Kier alpha value is -3.28. The van der Waals surface area contributed by atoms with Crippen LogP contribution in [0.3, 0.4) is 0 Å². The lowest BCUT2D eigenvalue weighted by Crippen LogP contribution is -2.36. The van der Waals surface area contributed by atoms with E-state index in [0.29, 0.717) is 0 Å². The molecule has 1 aliphatic rings. The molecule has 3 aromatic heterocycles. The van der Waals surface area contributed by atoms with E-state index >= 15 is 0 Å². The fraction of sp³-hybridized carbons (Fsp3) is 0.227. The summed E-state index contributed by atoms with van der Waals surface area (Å²) in [5.41, 5.74) is 4.56. The molecule has 1 radical (unpaired) electrons. The lowest BCUT2D eigenvalue weighted by Gasteiger charge is -2.41. The van der Waals surface area contributed by atoms with Crippen LogP contribution in [0.4, 0.5) is 0 Å². The molecule has 6 heteroatoms. The third kappa shape index (κ3) is 2.81. The highest BCUT2D eigenvalue weighted by molar-refractivity contribution is 5.82. The molecule has 1 aliphatic carbocycles. The van der Waals surface area contributed by atoms with E-state index in [1.807, 2.05) is 54.9 Å². The average molecular weight is 370 g/mol. The first-order valence-corrected chi connectivity index (χ1v) is 9.40. The van der Waals surface area contributed by atoms with Gasteiger partial charge >= 0.3 is 0 Å². The van der Waals surface area contributed by atoms with E-state index in [4.69, 9.17) is 4.74 Å². The number of pyridine rings is 1. The summed E-state index contributed by atoms with van der Waals surface area (Å²) >= 11 is 0. The van der Waals surface area contributed by atoms with Crippen molar-refractivity contribution in [2.45, 2.75) is 24.7 Å². The van der Waals surface area contributed by atoms with E-state index in [-0.39, 0.29) is 5.41 Å². The fourth-order valence-electron chi connectivity index (χ4n) is 3.89. The summed E-state index contributed by atoms with van der Waals surface area (Å²) in [4.78, 5) is 4.62. The van der Waals surface area contributed by atoms with Crippen molar-refractivity contribution < 1.29 is 4.74 Å². The zero-order valence-corrected chi connectivity index (χ0v) is 15.6. The van der Waals surface area contributed by atoms with Gasteiger partial charge in [-0.2, -0.15) is 15.3 Å². The molecule has 4 aromatic rings. The highest BCUT2D eigenvalue weighted by Crippen LogP contribution is 2.49. The Morgan fingerprint density at radius 3 is 2.79 bits per heavy atom. The van der Waals surface area contributed by atoms with Crippen LogP contribution in [0.25, 0.3) is 22.2 Å². The highest BCUT2D eigenvalue weighted by atomic mass is 16.5. The molecule has 139 valence electrons. The summed E-state index contributed by atoms with van der Waals surface area (Å²) in [7, 11) is 1.69. The van der Waals surface area contributed by atoms with Crippen molar-refractivity contribution in [3.05, 3.63) is 72.7 Å². The van der Waals surface area contributed by atoms with Crippen LogP contribution >= 0.6 is 0 Å². The van der Waals surface area contributed by atoms with Gasteiger partial charge in [0.25, 0.3) is 0 Å². The number of aromatic nitrogens is 5. The van der Waals surface area contributed by atoms with Gasteiger partial charge in [0.1, 0.15) is 5.75 Å². The summed E-state index contributed by atoms with van der Waals surface area (Å²) in [6.07, 6.45) is 9.09. The molecular formula is C22H20N5O. The lowest BCUT2D eigenvalue weighted by atomic mass is 9.63. The zero-order valence-electron chi connectivity index (χ0n) is 15.6. The van der Waals surface area contributed by atoms with Crippen LogP contribution < -0.4 is 4.74 Å². The van der Waals surface area contributed by atoms with Crippen molar-refractivity contribution in [2.75, 3.05) is 7.11 Å². The van der Waals surface area contributed by atoms with Gasteiger partial charge in [-0.25, -0.2) is 0 Å². The summed E-state index contributed by atoms with van der Waals surface area (Å²) in [5.74, 6) is 0.830. The maximum atomic E-state index is 5.54. The normalized spacial score (nSPS) is 15.3. The van der Waals surface area contributed by atoms with Crippen molar-refractivity contribution >= 4 is 10.9 Å². The Labute approximate surface area is 163 Å². The number of nitrogens with zero attached hydrogens (tertiary/aromatic N) is 4. The van der Waals surface area contributed by atoms with Crippen LogP contribution in [-0.2, 0) is 5.41 Å². The molecule has 1 fully saturated rings. The zero-order chi connectivity index (χ0) is 19.0. The second-order valence-corrected chi connectivity index (χ2v) is 7.22. The molecule has 0 bridgehead atoms. The fourth-order valence-corrected chi connectivity index (χ4v) is 3.89. The standard InChI is InChI=1S/C22H20N5O/c1-28-20-4-2-11-23-21(20)22(9-3-10-22)13-17-7-8-18(27-25-17)15-5-6-16-14-24-26-19(16)12-15/h2,4-8,11-14H,3,9-10H2,1H3,(H,24,26). The van der Waals surface area contributed by atoms with Crippen LogP contribution in [0.5, 0.6) is 5.75 Å². The summed E-state index contributed by atoms with van der Waals surface area (Å²) in [5, 5.41) is 17.1. The second kappa shape index (κ2) is 6.71. The van der Waals surface area contributed by atoms with Crippen molar-refractivity contribution in [1.82, 2.24) is 25.4 Å². The van der Waals surface area contributed by atoms with Crippen molar-refractivity contribution in [3.8, 4) is 17.0 Å². The van der Waals surface area contributed by atoms with E-state index in [0.717, 1.165) is 52.1 Å². The van der Waals surface area contributed by atoms with Gasteiger partial charge < -0.3 is 4.74 Å². The number of H-pyrrole nitrogens is 1. The predicted octanol–water partition coefficient (Wildman–Crippen LogP) is 4.10. The maximum absolute atomic E-state index is 5.54. The summed E-state index contributed by atoms with van der Waals surface area (Å²) in [6.45, 7) is 0. The van der Waals surface area contributed by atoms with Gasteiger partial charge in [0, 0.05) is 29.0 Å². The SMILES string of the molecule is COc1cccnc1C1([CH]c2ccc(-c3ccc4cn[nH]c4c3)nn2)CCC1. The summed E-state index contributed by atoms with van der Waals surface area (Å²) < 4.78 is 5.54. The molecule has 0 atom stereocenters. The maximum Gasteiger partial charge on any atom is 0.140 e. The van der Waals surface area contributed by atoms with Crippen LogP contribution in [-0.4, -0.2) is 32.5 Å². The van der Waals surface area contributed by atoms with Crippen molar-refractivity contribution in [3.63, 3.8) is 0 Å². The van der Waals surface area contributed by atoms with Crippen LogP contribution in [0.2, 0.25) is 0 Å². The van der Waals surface area contributed by atoms with E-state index < -0.39 is 0 Å². The number of ether oxygens (including phenoxy) is 1. The number of rotatable bonds is 5. The molecule has 1 aromatic carbocycles. The largest absolute Gasteiger partial charge is 0.495 e. The minimum Gasteiger partial charge on any atom is -0.495 e. The number of hydrogen-bond donors (Lipinski definition) is 1. The molecule has 1 N–H and O–H groups in total. The van der Waals surface area contributed by atoms with Crippen molar-refractivity contribution in [2.24, 2.45) is 0 Å². The molecule has 0 saturated heterocycles. The molecule has 5 rings (SSSR count). The molecule has 1 saturated carbocycles. The molecule has 3 heterocycles. The minimum absolute atomic E-state index is 0.127. The molecule has 0 spiro atoms. The third-order valence-electron chi connectivity index (χ3n) is 5.56. The third-order valence-corrected chi connectivity index (χ3v) is 5.56. The smallest absolute Gasteiger partial charge is 0.140 e. The Bertz CT molecular complexity index is 1120. The molecule has 0 aliphatic heterocycles. The van der Waals surface area contributed by atoms with Gasteiger partial charge in [-0.15, -0.1) is 0 Å². The van der Waals surface area contributed by atoms with E-state index in [9.17, 15) is 0 Å². The molecule has 6 nitrogen and oxygen atoms in total. The topological polar surface area (TPSA) is 76.6 Å². The Balaban J connectivity index is 1.42. The van der Waals surface area contributed by atoms with Crippen molar-refractivity contribution in [1.29, 1.82) is 0 Å². The quantitative estimate of drug-likeness (QED) is 0.572. The van der Waals surface area contributed by atoms with E-state index in [2.05, 4.69) is 31.8 Å². The molecule has 28 heavy (non-hydrogen) atoms. The van der Waals surface area contributed by atoms with Crippen LogP contribution in [0.15, 0.2) is 54.9 Å². The molecular weight excluding hydrogens is 350 g/mol. The molecule has 0 unspecified atom stereocenters. The van der Waals surface area contributed by atoms with E-state index in [1.165, 1.54) is 6.42 Å². The van der Waals surface area contributed by atoms with Gasteiger partial charge in [0.15, 0.2) is 0 Å². The highest BCUT2D eigenvalue weighted by Gasteiger charge is 2.42. The first-order valence-electron chi connectivity index (χ1n) is 9.40. The van der Waals surface area contributed by atoms with Crippen LogP contribution in [0, 0.1) is 6.42 Å². The Kier molecular flexibility index (Phi) is 4.04. The van der Waals surface area contributed by atoms with Crippen LogP contribution in [0.1, 0.15) is 30.7 Å². The van der Waals surface area contributed by atoms with E-state index in [1.54, 1.807) is 7.11 Å². The monoisotopic (exact) mass is 370 g/mol. The first-order chi connectivity index (χ1) is 13.8. The number of hydrogen-bond acceptors (Lipinski definition) is 5. The number of nitrogens with one attached hydrogen (secondary N) is 1. The Morgan fingerprint density at radius 1 is 1.11 bits per heavy atom. The summed E-state index contributed by atoms with van der Waals surface area (Å²) in [6, 6.07) is 14.0. The number of benzene rings is 1. The van der Waals surface area contributed by atoms with Gasteiger partial charge in [-0.3, -0.25) is 10.1 Å². The first kappa shape index (κ1) is 16.9. The Morgan fingerprint density at radius 2 is 2.04 bits per heavy atom. The number of fused-ring (bicyclic) bond motifs is 1. The average Bonchev–Trinajstić information content (AvgIpc) is 3.19. The number of methoxy groups -OCH3 is 1. The van der Waals surface area contributed by atoms with Gasteiger partial charge in [0.2, 0.25) is 0 Å². The predicted molar refractivity (Wildman–Crippen MR) is 107 cm³/mol.